The van der Waals surface area contributed by atoms with Crippen molar-refractivity contribution in [2.75, 3.05) is 45.8 Å². The molecule has 1 saturated carbocycles. The first-order chi connectivity index (χ1) is 19.4. The lowest BCUT2D eigenvalue weighted by Crippen LogP contribution is -2.50. The van der Waals surface area contributed by atoms with Gasteiger partial charge >= 0.3 is 0 Å². The van der Waals surface area contributed by atoms with Gasteiger partial charge in [-0.05, 0) is 76.2 Å². The van der Waals surface area contributed by atoms with E-state index in [-0.39, 0.29) is 23.6 Å². The molecule has 2 bridgehead atoms. The van der Waals surface area contributed by atoms with Crippen molar-refractivity contribution in [3.8, 4) is 0 Å². The highest BCUT2D eigenvalue weighted by Gasteiger charge is 2.68. The van der Waals surface area contributed by atoms with Crippen LogP contribution in [0, 0.1) is 35.5 Å². The van der Waals surface area contributed by atoms with Crippen molar-refractivity contribution in [2.45, 2.75) is 27.7 Å². The van der Waals surface area contributed by atoms with Gasteiger partial charge in [0.2, 0.25) is 23.6 Å². The van der Waals surface area contributed by atoms with Gasteiger partial charge in [-0.15, -0.1) is 0 Å². The van der Waals surface area contributed by atoms with Gasteiger partial charge < -0.3 is 9.80 Å². The number of allylic oxidation sites excluding steroid dienone is 2. The number of anilines is 4. The Kier molecular flexibility index (Phi) is 6.51. The lowest BCUT2D eigenvalue weighted by molar-refractivity contribution is -0.137. The molecule has 0 radical (unpaired) electrons. The maximum absolute atomic E-state index is 13.8. The zero-order valence-electron chi connectivity index (χ0n) is 23.5. The average molecular weight is 541 g/mol. The van der Waals surface area contributed by atoms with Gasteiger partial charge in [0.1, 0.15) is 0 Å². The molecule has 0 aromatic heterocycles. The molecule has 0 N–H and O–H groups in total. The van der Waals surface area contributed by atoms with Crippen LogP contribution >= 0.6 is 0 Å². The van der Waals surface area contributed by atoms with E-state index in [2.05, 4.69) is 37.5 Å². The molecule has 0 unspecified atom stereocenters. The minimum absolute atomic E-state index is 0.273. The van der Waals surface area contributed by atoms with E-state index in [4.69, 9.17) is 0 Å². The highest BCUT2D eigenvalue weighted by atomic mass is 16.2. The topological polar surface area (TPSA) is 81.2 Å². The van der Waals surface area contributed by atoms with Gasteiger partial charge in [0.15, 0.2) is 0 Å². The Morgan fingerprint density at radius 2 is 0.775 bits per heavy atom. The Morgan fingerprint density at radius 3 is 1.02 bits per heavy atom. The fourth-order valence-electron chi connectivity index (χ4n) is 7.54. The monoisotopic (exact) mass is 540 g/mol. The molecule has 2 saturated heterocycles. The summed E-state index contributed by atoms with van der Waals surface area (Å²) < 4.78 is 0. The Labute approximate surface area is 235 Å². The number of hydrogen-bond donors (Lipinski definition) is 0. The van der Waals surface area contributed by atoms with E-state index < -0.39 is 35.5 Å². The fraction of sp³-hybridized carbons (Fsp3) is 0.438. The van der Waals surface area contributed by atoms with Gasteiger partial charge in [0.25, 0.3) is 0 Å². The summed E-state index contributed by atoms with van der Waals surface area (Å²) in [6, 6.07) is 15.0. The van der Waals surface area contributed by atoms with Crippen LogP contribution in [0.1, 0.15) is 27.7 Å². The second-order valence-corrected chi connectivity index (χ2v) is 11.0. The summed E-state index contributed by atoms with van der Waals surface area (Å²) in [5.74, 6) is -4.57. The third-order valence-electron chi connectivity index (χ3n) is 9.48. The molecule has 0 spiro atoms. The number of carbonyl (C=O) groups is 4. The maximum Gasteiger partial charge on any atom is 0.238 e. The van der Waals surface area contributed by atoms with Crippen LogP contribution in [0.15, 0.2) is 60.7 Å². The average Bonchev–Trinajstić information content (AvgIpc) is 3.42. The molecule has 2 heterocycles. The summed E-state index contributed by atoms with van der Waals surface area (Å²) in [6.07, 6.45) is 3.81. The van der Waals surface area contributed by atoms with E-state index in [0.717, 1.165) is 37.6 Å². The van der Waals surface area contributed by atoms with E-state index in [0.29, 0.717) is 11.4 Å². The maximum atomic E-state index is 13.8. The Balaban J connectivity index is 1.28. The molecule has 8 heteroatoms. The van der Waals surface area contributed by atoms with Crippen molar-refractivity contribution >= 4 is 46.4 Å². The summed E-state index contributed by atoms with van der Waals surface area (Å²) in [5.41, 5.74) is 3.14. The van der Waals surface area contributed by atoms with E-state index >= 15 is 0 Å². The van der Waals surface area contributed by atoms with Crippen LogP contribution in [0.4, 0.5) is 22.7 Å². The third kappa shape index (κ3) is 3.64. The van der Waals surface area contributed by atoms with Gasteiger partial charge in [-0.2, -0.15) is 0 Å². The number of nitrogens with zero attached hydrogens (tertiary/aromatic N) is 4. The summed E-state index contributed by atoms with van der Waals surface area (Å²) in [6.45, 7) is 11.8. The van der Waals surface area contributed by atoms with Crippen LogP contribution in [0.5, 0.6) is 0 Å². The van der Waals surface area contributed by atoms with E-state index in [1.807, 2.05) is 60.7 Å². The molecule has 5 aliphatic rings. The molecule has 7 rings (SSSR count). The summed E-state index contributed by atoms with van der Waals surface area (Å²) >= 11 is 0. The minimum atomic E-state index is -0.632. The molecule has 3 aliphatic carbocycles. The first-order valence-corrected chi connectivity index (χ1v) is 14.5. The first-order valence-electron chi connectivity index (χ1n) is 14.5. The lowest BCUT2D eigenvalue weighted by Gasteiger charge is -2.44. The second-order valence-electron chi connectivity index (χ2n) is 11.0. The number of carbonyl (C=O) groups excluding carboxylic acids is 4. The molecule has 208 valence electrons. The SMILES string of the molecule is CCN(CC)c1ccc(N2C(=O)[C@@H]3C4C=CC([C@H]3C2=O)[C@H]2C(=O)N(c3ccc(N(CC)CC)cc3)C(=O)[C@H]42)cc1. The van der Waals surface area contributed by atoms with Gasteiger partial charge in [-0.25, -0.2) is 0 Å². The Hall–Kier alpha value is -3.94. The number of amides is 4. The summed E-state index contributed by atoms with van der Waals surface area (Å²) in [5, 5.41) is 0. The third-order valence-corrected chi connectivity index (χ3v) is 9.48. The number of imide groups is 2. The smallest absolute Gasteiger partial charge is 0.238 e. The fourth-order valence-corrected chi connectivity index (χ4v) is 7.54. The van der Waals surface area contributed by atoms with E-state index in [1.54, 1.807) is 0 Å². The highest BCUT2D eigenvalue weighted by Crippen LogP contribution is 2.58. The van der Waals surface area contributed by atoms with Gasteiger partial charge in [0, 0.05) is 49.4 Å². The van der Waals surface area contributed by atoms with Crippen molar-refractivity contribution in [1.29, 1.82) is 0 Å². The first kappa shape index (κ1) is 26.3. The highest BCUT2D eigenvalue weighted by molar-refractivity contribution is 6.26. The van der Waals surface area contributed by atoms with Crippen molar-refractivity contribution in [3.05, 3.63) is 60.7 Å². The molecule has 8 nitrogen and oxygen atoms in total. The van der Waals surface area contributed by atoms with Crippen molar-refractivity contribution in [3.63, 3.8) is 0 Å². The predicted octanol–water partition coefficient (Wildman–Crippen LogP) is 4.11. The standard InChI is InChI=1S/C32H36N4O4/c1-5-33(6-2)19-9-13-21(14-10-19)35-29(37)25-23-17-18-24(26(25)30(35)38)28-27(23)31(39)36(32(28)40)22-15-11-20(12-16-22)34(7-3)8-4/h9-18,23-28H,5-8H2,1-4H3/t23?,24?,25-,26-,27-,28-/m1/s1. The molecular weight excluding hydrogens is 504 g/mol. The van der Waals surface area contributed by atoms with E-state index in [9.17, 15) is 19.2 Å². The van der Waals surface area contributed by atoms with Crippen molar-refractivity contribution < 1.29 is 19.2 Å². The lowest BCUT2D eigenvalue weighted by atomic mass is 9.54. The van der Waals surface area contributed by atoms with Gasteiger partial charge in [-0.1, -0.05) is 12.2 Å². The molecule has 3 fully saturated rings. The number of hydrogen-bond acceptors (Lipinski definition) is 6. The van der Waals surface area contributed by atoms with Crippen LogP contribution < -0.4 is 19.6 Å². The molecule has 2 aromatic rings. The zero-order chi connectivity index (χ0) is 28.3. The van der Waals surface area contributed by atoms with Crippen molar-refractivity contribution in [2.24, 2.45) is 35.5 Å². The van der Waals surface area contributed by atoms with Gasteiger partial charge in [-0.3, -0.25) is 29.0 Å². The van der Waals surface area contributed by atoms with Crippen molar-refractivity contribution in [1.82, 2.24) is 0 Å². The Morgan fingerprint density at radius 1 is 0.500 bits per heavy atom. The molecule has 2 aliphatic heterocycles. The van der Waals surface area contributed by atoms with Crippen LogP contribution in [0.2, 0.25) is 0 Å². The summed E-state index contributed by atoms with van der Waals surface area (Å²) in [7, 11) is 0. The predicted molar refractivity (Wildman–Crippen MR) is 155 cm³/mol. The molecular formula is C32H36N4O4. The normalized spacial score (nSPS) is 28.4. The molecule has 4 amide bonds. The quantitative estimate of drug-likeness (QED) is 0.370. The molecule has 4 atom stereocenters. The molecule has 40 heavy (non-hydrogen) atoms. The summed E-state index contributed by atoms with van der Waals surface area (Å²) in [4.78, 5) is 62.2. The number of benzene rings is 2. The van der Waals surface area contributed by atoms with Gasteiger partial charge in [0.05, 0.1) is 35.0 Å². The van der Waals surface area contributed by atoms with Crippen LogP contribution in [0.25, 0.3) is 0 Å². The van der Waals surface area contributed by atoms with Crippen LogP contribution in [-0.2, 0) is 19.2 Å². The van der Waals surface area contributed by atoms with E-state index in [1.165, 1.54) is 9.80 Å². The zero-order valence-corrected chi connectivity index (χ0v) is 23.5. The van der Waals surface area contributed by atoms with Crippen LogP contribution in [0.3, 0.4) is 0 Å². The number of rotatable bonds is 8. The second kappa shape index (κ2) is 9.91. The van der Waals surface area contributed by atoms with Crippen LogP contribution in [-0.4, -0.2) is 49.8 Å². The Bertz CT molecular complexity index is 1230. The minimum Gasteiger partial charge on any atom is -0.372 e. The molecule has 2 aromatic carbocycles. The largest absolute Gasteiger partial charge is 0.372 e.